The van der Waals surface area contributed by atoms with Crippen LogP contribution in [0.15, 0.2) is 0 Å². The van der Waals surface area contributed by atoms with Crippen LogP contribution in [-0.4, -0.2) is 35.2 Å². The fourth-order valence-corrected chi connectivity index (χ4v) is 2.00. The predicted octanol–water partition coefficient (Wildman–Crippen LogP) is 0.268. The van der Waals surface area contributed by atoms with Gasteiger partial charge in [0.1, 0.15) is 10.7 Å². The van der Waals surface area contributed by atoms with Crippen LogP contribution in [0.3, 0.4) is 0 Å². The van der Waals surface area contributed by atoms with Crippen molar-refractivity contribution in [1.29, 1.82) is 0 Å². The van der Waals surface area contributed by atoms with Gasteiger partial charge in [0, 0.05) is 12.6 Å². The minimum absolute atomic E-state index is 0.0957. The molecule has 0 unspecified atom stereocenters. The number of hydrogen-bond donors (Lipinski definition) is 4. The van der Waals surface area contributed by atoms with Gasteiger partial charge in [0.15, 0.2) is 5.13 Å². The molecule has 1 heterocycles. The van der Waals surface area contributed by atoms with Crippen LogP contribution in [0.4, 0.5) is 10.9 Å². The molecule has 1 aromatic heterocycles. The lowest BCUT2D eigenvalue weighted by Gasteiger charge is -2.04. The molecule has 1 aromatic rings. The van der Waals surface area contributed by atoms with Crippen molar-refractivity contribution in [3.05, 3.63) is 4.88 Å². The van der Waals surface area contributed by atoms with Crippen LogP contribution in [0, 0.1) is 0 Å². The van der Waals surface area contributed by atoms with Crippen LogP contribution in [0.1, 0.15) is 23.5 Å². The number of aromatic nitrogens is 1. The van der Waals surface area contributed by atoms with Crippen molar-refractivity contribution < 1.29 is 9.90 Å². The number of hydrogen-bond acceptors (Lipinski definition) is 6. The van der Waals surface area contributed by atoms with E-state index in [9.17, 15) is 4.79 Å². The van der Waals surface area contributed by atoms with Gasteiger partial charge in [-0.2, -0.15) is 0 Å². The van der Waals surface area contributed by atoms with Crippen LogP contribution in [0.2, 0.25) is 0 Å². The standard InChI is InChI=1S/C9H16N4O2S/c1-5(2)12-9-13-7(10)6(16-9)8(15)11-3-4-14/h5,14H,3-4,10H2,1-2H3,(H,11,15)(H,12,13). The monoisotopic (exact) mass is 244 g/mol. The Labute approximate surface area is 97.9 Å². The van der Waals surface area contributed by atoms with Gasteiger partial charge in [-0.15, -0.1) is 0 Å². The largest absolute Gasteiger partial charge is 0.395 e. The second kappa shape index (κ2) is 5.66. The van der Waals surface area contributed by atoms with Crippen LogP contribution >= 0.6 is 11.3 Å². The molecule has 0 radical (unpaired) electrons. The number of aliphatic hydroxyl groups is 1. The van der Waals surface area contributed by atoms with Crippen LogP contribution in [0.25, 0.3) is 0 Å². The van der Waals surface area contributed by atoms with E-state index in [1.54, 1.807) is 0 Å². The maximum absolute atomic E-state index is 11.6. The van der Waals surface area contributed by atoms with Crippen molar-refractivity contribution in [2.24, 2.45) is 0 Å². The highest BCUT2D eigenvalue weighted by Gasteiger charge is 2.15. The zero-order chi connectivity index (χ0) is 12.1. The van der Waals surface area contributed by atoms with Gasteiger partial charge in [0.25, 0.3) is 5.91 Å². The Bertz CT molecular complexity index is 364. The number of rotatable bonds is 5. The molecule has 0 aliphatic carbocycles. The summed E-state index contributed by atoms with van der Waals surface area (Å²) in [4.78, 5) is 16.0. The molecule has 16 heavy (non-hydrogen) atoms. The number of nitrogen functional groups attached to an aromatic ring is 1. The number of carbonyl (C=O) groups is 1. The molecule has 0 spiro atoms. The van der Waals surface area contributed by atoms with Gasteiger partial charge in [0.05, 0.1) is 6.61 Å². The summed E-state index contributed by atoms with van der Waals surface area (Å²) in [5.74, 6) is -0.0931. The molecule has 0 aliphatic rings. The molecular weight excluding hydrogens is 228 g/mol. The zero-order valence-electron chi connectivity index (χ0n) is 9.28. The summed E-state index contributed by atoms with van der Waals surface area (Å²) in [6, 6.07) is 0.235. The fourth-order valence-electron chi connectivity index (χ4n) is 1.05. The third-order valence-corrected chi connectivity index (χ3v) is 2.67. The fraction of sp³-hybridized carbons (Fsp3) is 0.556. The maximum Gasteiger partial charge on any atom is 0.265 e. The molecule has 0 saturated carbocycles. The number of carbonyl (C=O) groups excluding carboxylic acids is 1. The van der Waals surface area contributed by atoms with Gasteiger partial charge in [-0.25, -0.2) is 4.98 Å². The summed E-state index contributed by atoms with van der Waals surface area (Å²) in [7, 11) is 0. The van der Waals surface area contributed by atoms with Crippen molar-refractivity contribution >= 4 is 28.2 Å². The van der Waals surface area contributed by atoms with E-state index >= 15 is 0 Å². The molecule has 0 saturated heterocycles. The van der Waals surface area contributed by atoms with Crippen molar-refractivity contribution in [2.45, 2.75) is 19.9 Å². The molecule has 0 fully saturated rings. The molecular formula is C9H16N4O2S. The second-order valence-corrected chi connectivity index (χ2v) is 4.51. The minimum atomic E-state index is -0.305. The molecule has 1 amide bonds. The van der Waals surface area contributed by atoms with Crippen LogP contribution < -0.4 is 16.4 Å². The third-order valence-electron chi connectivity index (χ3n) is 1.67. The van der Waals surface area contributed by atoms with E-state index in [0.29, 0.717) is 10.0 Å². The molecule has 1 rings (SSSR count). The lowest BCUT2D eigenvalue weighted by atomic mass is 10.4. The quantitative estimate of drug-likeness (QED) is 0.595. The Morgan fingerprint density at radius 2 is 2.31 bits per heavy atom. The van der Waals surface area contributed by atoms with E-state index in [0.717, 1.165) is 0 Å². The molecule has 0 atom stereocenters. The highest BCUT2D eigenvalue weighted by Crippen LogP contribution is 2.25. The summed E-state index contributed by atoms with van der Waals surface area (Å²) in [6.07, 6.45) is 0. The topological polar surface area (TPSA) is 100 Å². The first kappa shape index (κ1) is 12.7. The van der Waals surface area contributed by atoms with E-state index < -0.39 is 0 Å². The van der Waals surface area contributed by atoms with E-state index in [1.165, 1.54) is 11.3 Å². The highest BCUT2D eigenvalue weighted by molar-refractivity contribution is 7.18. The summed E-state index contributed by atoms with van der Waals surface area (Å²) in [5.41, 5.74) is 5.63. The molecule has 7 heteroatoms. The second-order valence-electron chi connectivity index (χ2n) is 3.51. The van der Waals surface area contributed by atoms with Gasteiger partial charge in [-0.05, 0) is 13.8 Å². The first-order valence-corrected chi connectivity index (χ1v) is 5.78. The number of amides is 1. The van der Waals surface area contributed by atoms with Gasteiger partial charge < -0.3 is 21.5 Å². The predicted molar refractivity (Wildman–Crippen MR) is 64.7 cm³/mol. The molecule has 5 N–H and O–H groups in total. The highest BCUT2D eigenvalue weighted by atomic mass is 32.1. The zero-order valence-corrected chi connectivity index (χ0v) is 10.1. The van der Waals surface area contributed by atoms with E-state index in [1.807, 2.05) is 13.8 Å². The van der Waals surface area contributed by atoms with Crippen molar-refractivity contribution in [3.63, 3.8) is 0 Å². The SMILES string of the molecule is CC(C)Nc1nc(N)c(C(=O)NCCO)s1. The molecule has 90 valence electrons. The molecule has 6 nitrogen and oxygen atoms in total. The number of anilines is 2. The Morgan fingerprint density at radius 3 is 2.88 bits per heavy atom. The molecule has 0 aliphatic heterocycles. The molecule has 0 aromatic carbocycles. The number of nitrogens with zero attached hydrogens (tertiary/aromatic N) is 1. The first-order chi connectivity index (χ1) is 7.54. The summed E-state index contributed by atoms with van der Waals surface area (Å²) >= 11 is 1.21. The lowest BCUT2D eigenvalue weighted by molar-refractivity contribution is 0.0949. The van der Waals surface area contributed by atoms with Crippen LogP contribution in [-0.2, 0) is 0 Å². The lowest BCUT2D eigenvalue weighted by Crippen LogP contribution is -2.26. The number of aliphatic hydroxyl groups excluding tert-OH is 1. The van der Waals surface area contributed by atoms with Gasteiger partial charge in [-0.1, -0.05) is 11.3 Å². The Morgan fingerprint density at radius 1 is 1.62 bits per heavy atom. The molecule has 0 bridgehead atoms. The Hall–Kier alpha value is -1.34. The average Bonchev–Trinajstić information content (AvgIpc) is 2.54. The third kappa shape index (κ3) is 3.35. The Kier molecular flexibility index (Phi) is 4.51. The number of nitrogens with one attached hydrogen (secondary N) is 2. The summed E-state index contributed by atoms with van der Waals surface area (Å²) < 4.78 is 0. The summed E-state index contributed by atoms with van der Waals surface area (Å²) in [5, 5.41) is 14.8. The number of thiazole rings is 1. The van der Waals surface area contributed by atoms with E-state index in [-0.39, 0.29) is 30.9 Å². The summed E-state index contributed by atoms with van der Waals surface area (Å²) in [6.45, 7) is 4.07. The van der Waals surface area contributed by atoms with Crippen molar-refractivity contribution in [1.82, 2.24) is 10.3 Å². The van der Waals surface area contributed by atoms with Gasteiger partial charge >= 0.3 is 0 Å². The normalized spacial score (nSPS) is 10.5. The van der Waals surface area contributed by atoms with E-state index in [4.69, 9.17) is 10.8 Å². The smallest absolute Gasteiger partial charge is 0.265 e. The Balaban J connectivity index is 2.73. The van der Waals surface area contributed by atoms with Crippen LogP contribution in [0.5, 0.6) is 0 Å². The van der Waals surface area contributed by atoms with Gasteiger partial charge in [-0.3, -0.25) is 4.79 Å². The average molecular weight is 244 g/mol. The van der Waals surface area contributed by atoms with Gasteiger partial charge in [0.2, 0.25) is 0 Å². The minimum Gasteiger partial charge on any atom is -0.395 e. The van der Waals surface area contributed by atoms with E-state index in [2.05, 4.69) is 15.6 Å². The first-order valence-electron chi connectivity index (χ1n) is 4.96. The van der Waals surface area contributed by atoms with Crippen molar-refractivity contribution in [2.75, 3.05) is 24.2 Å². The maximum atomic E-state index is 11.6. The number of nitrogens with two attached hydrogens (primary N) is 1. The van der Waals surface area contributed by atoms with Crippen molar-refractivity contribution in [3.8, 4) is 0 Å².